The smallest absolute Gasteiger partial charge is 0.417 e. The molecular weight excluding hydrogens is 324 g/mol. The predicted molar refractivity (Wildman–Crippen MR) is 85.1 cm³/mol. The third-order valence-electron chi connectivity index (χ3n) is 5.68. The van der Waals surface area contributed by atoms with E-state index in [0.29, 0.717) is 0 Å². The van der Waals surface area contributed by atoms with Gasteiger partial charge < -0.3 is 20.1 Å². The molecule has 122 valence electrons. The number of rotatable bonds is 2. The van der Waals surface area contributed by atoms with Crippen LogP contribution in [0.3, 0.4) is 0 Å². The van der Waals surface area contributed by atoms with Crippen molar-refractivity contribution in [3.05, 3.63) is 0 Å². The molecule has 2 saturated heterocycles. The maximum absolute atomic E-state index is 12.0. The molecule has 22 heavy (non-hydrogen) atoms. The summed E-state index contributed by atoms with van der Waals surface area (Å²) in [4.78, 5) is 24.1. The van der Waals surface area contributed by atoms with Gasteiger partial charge in [-0.05, 0) is 12.8 Å². The van der Waals surface area contributed by atoms with E-state index >= 15 is 0 Å². The van der Waals surface area contributed by atoms with Crippen molar-refractivity contribution in [2.24, 2.45) is 10.8 Å². The van der Waals surface area contributed by atoms with Crippen LogP contribution in [0.5, 0.6) is 0 Å². The standard InChI is InChI=1S/C14H20N2O4S2/c17-11(19-9-7(21)1-13(9)3-15-4-13)12(18)20-10-8(22)2-14(10)5-16-6-14/h7-10,15-16,21-22H,1-6H2. The summed E-state index contributed by atoms with van der Waals surface area (Å²) in [6.07, 6.45) is 1.22. The molecule has 8 heteroatoms. The zero-order chi connectivity index (χ0) is 15.5. The second-order valence-corrected chi connectivity index (χ2v) is 8.45. The van der Waals surface area contributed by atoms with Crippen LogP contribution >= 0.6 is 25.3 Å². The Morgan fingerprint density at radius 2 is 1.18 bits per heavy atom. The summed E-state index contributed by atoms with van der Waals surface area (Å²) < 4.78 is 10.7. The summed E-state index contributed by atoms with van der Waals surface area (Å²) in [5, 5.41) is 6.37. The molecule has 6 nitrogen and oxygen atoms in total. The molecule has 4 atom stereocenters. The van der Waals surface area contributed by atoms with Gasteiger partial charge in [0.05, 0.1) is 0 Å². The SMILES string of the molecule is O=C(OC1C(S)CC12CNC2)C(=O)OC1C(S)CC12CNC2. The van der Waals surface area contributed by atoms with Gasteiger partial charge in [0.25, 0.3) is 0 Å². The average molecular weight is 344 g/mol. The van der Waals surface area contributed by atoms with Crippen LogP contribution in [0.2, 0.25) is 0 Å². The fourth-order valence-electron chi connectivity index (χ4n) is 4.09. The molecule has 4 fully saturated rings. The number of nitrogens with one attached hydrogen (secondary N) is 2. The van der Waals surface area contributed by atoms with E-state index in [1.165, 1.54) is 0 Å². The Morgan fingerprint density at radius 1 is 0.818 bits per heavy atom. The number of thiol groups is 2. The Balaban J connectivity index is 1.34. The van der Waals surface area contributed by atoms with E-state index in [9.17, 15) is 9.59 Å². The maximum Gasteiger partial charge on any atom is 0.417 e. The summed E-state index contributed by atoms with van der Waals surface area (Å²) in [6, 6.07) is 0. The Labute approximate surface area is 139 Å². The van der Waals surface area contributed by atoms with Crippen molar-refractivity contribution < 1.29 is 19.1 Å². The zero-order valence-electron chi connectivity index (χ0n) is 12.1. The van der Waals surface area contributed by atoms with Crippen LogP contribution in [0.25, 0.3) is 0 Å². The number of esters is 2. The quantitative estimate of drug-likeness (QED) is 0.304. The fourth-order valence-corrected chi connectivity index (χ4v) is 5.57. The minimum atomic E-state index is -0.898. The predicted octanol–water partition coefficient (Wildman–Crippen LogP) is -0.607. The molecule has 0 bridgehead atoms. The molecule has 0 aromatic rings. The van der Waals surface area contributed by atoms with Crippen molar-refractivity contribution in [2.75, 3.05) is 26.2 Å². The molecule has 0 radical (unpaired) electrons. The number of carbonyl (C=O) groups excluding carboxylic acids is 2. The molecule has 0 aromatic heterocycles. The van der Waals surface area contributed by atoms with Crippen LogP contribution in [-0.2, 0) is 19.1 Å². The van der Waals surface area contributed by atoms with Crippen molar-refractivity contribution in [3.8, 4) is 0 Å². The van der Waals surface area contributed by atoms with Crippen LogP contribution < -0.4 is 10.6 Å². The van der Waals surface area contributed by atoms with E-state index in [2.05, 4.69) is 35.9 Å². The molecule has 4 aliphatic rings. The van der Waals surface area contributed by atoms with Crippen molar-refractivity contribution in [1.82, 2.24) is 10.6 Å². The maximum atomic E-state index is 12.0. The molecule has 2 spiro atoms. The molecule has 2 N–H and O–H groups in total. The van der Waals surface area contributed by atoms with Crippen LogP contribution in [0.4, 0.5) is 0 Å². The topological polar surface area (TPSA) is 76.7 Å². The first kappa shape index (κ1) is 15.1. The van der Waals surface area contributed by atoms with Crippen LogP contribution in [0, 0.1) is 10.8 Å². The van der Waals surface area contributed by atoms with Crippen molar-refractivity contribution in [2.45, 2.75) is 35.5 Å². The lowest BCUT2D eigenvalue weighted by atomic mass is 9.61. The van der Waals surface area contributed by atoms with E-state index in [1.54, 1.807) is 0 Å². The summed E-state index contributed by atoms with van der Waals surface area (Å²) in [6.45, 7) is 3.25. The van der Waals surface area contributed by atoms with Crippen LogP contribution in [0.1, 0.15) is 12.8 Å². The highest BCUT2D eigenvalue weighted by Crippen LogP contribution is 2.50. The highest BCUT2D eigenvalue weighted by molar-refractivity contribution is 7.81. The highest BCUT2D eigenvalue weighted by atomic mass is 32.1. The second-order valence-electron chi connectivity index (χ2n) is 7.13. The molecule has 4 unspecified atom stereocenters. The monoisotopic (exact) mass is 344 g/mol. The lowest BCUT2D eigenvalue weighted by Crippen LogP contribution is -2.72. The van der Waals surface area contributed by atoms with Gasteiger partial charge in [-0.1, -0.05) is 0 Å². The van der Waals surface area contributed by atoms with E-state index in [-0.39, 0.29) is 33.5 Å². The number of carbonyl (C=O) groups is 2. The fraction of sp³-hybridized carbons (Fsp3) is 0.857. The van der Waals surface area contributed by atoms with Gasteiger partial charge in [0.15, 0.2) is 0 Å². The van der Waals surface area contributed by atoms with Gasteiger partial charge in [0.1, 0.15) is 12.2 Å². The normalized spacial score (nSPS) is 39.9. The average Bonchev–Trinajstić information content (AvgIpc) is 2.40. The molecule has 2 heterocycles. The summed E-state index contributed by atoms with van der Waals surface area (Å²) in [5.41, 5.74) is -0.0476. The third-order valence-corrected chi connectivity index (χ3v) is 6.59. The Bertz CT molecular complexity index is 475. The van der Waals surface area contributed by atoms with Gasteiger partial charge in [0.2, 0.25) is 0 Å². The Morgan fingerprint density at radius 3 is 1.41 bits per heavy atom. The molecule has 2 saturated carbocycles. The van der Waals surface area contributed by atoms with E-state index < -0.39 is 11.9 Å². The molecule has 4 rings (SSSR count). The van der Waals surface area contributed by atoms with Gasteiger partial charge in [0, 0.05) is 47.5 Å². The first-order valence-corrected chi connectivity index (χ1v) is 8.68. The lowest BCUT2D eigenvalue weighted by Gasteiger charge is -2.58. The Kier molecular flexibility index (Phi) is 3.45. The van der Waals surface area contributed by atoms with E-state index in [4.69, 9.17) is 9.47 Å². The van der Waals surface area contributed by atoms with E-state index in [0.717, 1.165) is 39.0 Å². The molecule has 0 aromatic carbocycles. The van der Waals surface area contributed by atoms with Crippen molar-refractivity contribution in [3.63, 3.8) is 0 Å². The summed E-state index contributed by atoms with van der Waals surface area (Å²) >= 11 is 8.82. The molecule has 2 aliphatic carbocycles. The van der Waals surface area contributed by atoms with Crippen molar-refractivity contribution in [1.29, 1.82) is 0 Å². The highest BCUT2D eigenvalue weighted by Gasteiger charge is 2.60. The van der Waals surface area contributed by atoms with Gasteiger partial charge in [-0.15, -0.1) is 0 Å². The molecule has 0 amide bonds. The van der Waals surface area contributed by atoms with Gasteiger partial charge >= 0.3 is 11.9 Å². The molecule has 2 aliphatic heterocycles. The van der Waals surface area contributed by atoms with Crippen molar-refractivity contribution >= 4 is 37.2 Å². The number of hydrogen-bond acceptors (Lipinski definition) is 8. The van der Waals surface area contributed by atoms with Crippen LogP contribution in [-0.4, -0.2) is 60.8 Å². The minimum Gasteiger partial charge on any atom is -0.452 e. The van der Waals surface area contributed by atoms with Gasteiger partial charge in [-0.25, -0.2) is 9.59 Å². The summed E-state index contributed by atoms with van der Waals surface area (Å²) in [5.74, 6) is -1.80. The second kappa shape index (κ2) is 5.03. The van der Waals surface area contributed by atoms with Gasteiger partial charge in [-0.2, -0.15) is 25.3 Å². The Hall–Kier alpha value is -0.440. The largest absolute Gasteiger partial charge is 0.452 e. The molecular formula is C14H20N2O4S2. The number of hydrogen-bond donors (Lipinski definition) is 4. The third kappa shape index (κ3) is 2.03. The van der Waals surface area contributed by atoms with Gasteiger partial charge in [-0.3, -0.25) is 0 Å². The summed E-state index contributed by atoms with van der Waals surface area (Å²) in [7, 11) is 0. The lowest BCUT2D eigenvalue weighted by molar-refractivity contribution is -0.197. The first-order valence-electron chi connectivity index (χ1n) is 7.65. The van der Waals surface area contributed by atoms with E-state index in [1.807, 2.05) is 0 Å². The minimum absolute atomic E-state index is 0.00218. The zero-order valence-corrected chi connectivity index (χ0v) is 13.9. The number of ether oxygens (including phenoxy) is 2. The first-order chi connectivity index (χ1) is 10.5. The van der Waals surface area contributed by atoms with Crippen LogP contribution in [0.15, 0.2) is 0 Å².